The third kappa shape index (κ3) is 5.83. The highest BCUT2D eigenvalue weighted by atomic mass is 19.1. The monoisotopic (exact) mass is 708 g/mol. The van der Waals surface area contributed by atoms with Gasteiger partial charge in [-0.15, -0.1) is 0 Å². The van der Waals surface area contributed by atoms with E-state index in [0.717, 1.165) is 48.6 Å². The molecular formula is C38H41FN8O5. The van der Waals surface area contributed by atoms with E-state index >= 15 is 4.39 Å². The summed E-state index contributed by atoms with van der Waals surface area (Å²) in [4.78, 5) is 57.0. The zero-order valence-electron chi connectivity index (χ0n) is 29.8. The number of carbonyl (C=O) groups excluding carboxylic acids is 2. The number of hydrogen-bond donors (Lipinski definition) is 2. The maximum atomic E-state index is 15.5. The summed E-state index contributed by atoms with van der Waals surface area (Å²) < 4.78 is 27.6. The number of benzene rings is 1. The Morgan fingerprint density at radius 3 is 2.63 bits per heavy atom. The number of aromatic nitrogens is 3. The number of pyridine rings is 3. The zero-order valence-corrected chi connectivity index (χ0v) is 29.8. The SMILES string of the molecule is [C-]#[N+]c1c(F)cc(NC)c2c1-c1c(ncc(-c3cnc4c(c3)c(=O)c(C(=O)OCCOC(=O)[C@@H](N)C(C)C)cn4C)c1N1CC[C@H]3CN(C)C[C@H]31)C2. The van der Waals surface area contributed by atoms with Crippen LogP contribution in [-0.2, 0) is 27.7 Å². The van der Waals surface area contributed by atoms with Crippen LogP contribution in [-0.4, -0.2) is 90.4 Å². The average molecular weight is 709 g/mol. The first-order valence-electron chi connectivity index (χ1n) is 17.4. The molecule has 0 saturated carbocycles. The number of rotatable bonds is 9. The molecule has 5 heterocycles. The number of nitrogens with two attached hydrogens (primary N) is 1. The molecule has 3 aliphatic rings. The molecule has 13 nitrogen and oxygen atoms in total. The van der Waals surface area contributed by atoms with E-state index in [0.29, 0.717) is 40.4 Å². The van der Waals surface area contributed by atoms with E-state index in [1.54, 1.807) is 51.0 Å². The summed E-state index contributed by atoms with van der Waals surface area (Å²) in [6.45, 7) is 13.7. The number of likely N-dealkylation sites (tertiary alicyclic amines) is 1. The summed E-state index contributed by atoms with van der Waals surface area (Å²) in [7, 11) is 5.52. The van der Waals surface area contributed by atoms with E-state index in [-0.39, 0.29) is 41.8 Å². The minimum atomic E-state index is -0.865. The van der Waals surface area contributed by atoms with Gasteiger partial charge in [0.15, 0.2) is 0 Å². The fraction of sp³-hybridized carbons (Fsp3) is 0.421. The lowest BCUT2D eigenvalue weighted by atomic mass is 9.95. The second kappa shape index (κ2) is 13.6. The summed E-state index contributed by atoms with van der Waals surface area (Å²) in [5.74, 6) is -1.74. The predicted octanol–water partition coefficient (Wildman–Crippen LogP) is 4.12. The van der Waals surface area contributed by atoms with Crippen molar-refractivity contribution in [3.8, 4) is 22.3 Å². The number of halogens is 1. The predicted molar refractivity (Wildman–Crippen MR) is 195 cm³/mol. The Bertz CT molecular complexity index is 2230. The van der Waals surface area contributed by atoms with Gasteiger partial charge in [0.1, 0.15) is 36.3 Å². The summed E-state index contributed by atoms with van der Waals surface area (Å²) in [6, 6.07) is 2.47. The molecule has 0 bridgehead atoms. The van der Waals surface area contributed by atoms with Gasteiger partial charge in [-0.25, -0.2) is 19.0 Å². The number of carbonyl (C=O) groups is 2. The Balaban J connectivity index is 1.32. The van der Waals surface area contributed by atoms with Gasteiger partial charge in [-0.2, -0.15) is 0 Å². The number of fused-ring (bicyclic) bond motifs is 5. The van der Waals surface area contributed by atoms with E-state index in [2.05, 4.69) is 32.0 Å². The standard InChI is InChI=1S/C38H41FN8O5/c1-19(2)32(40)38(50)52-10-9-51-37(49)25-17-46(6)36-23(35(25)48)11-21(14-44-36)24-15-43-28-12-22-27(41-3)13-26(39)33(42-4)30(22)31(28)34(24)47-8-7-20-16-45(5)18-29(20)47/h11,13-15,17,19-20,29,32,41H,7-10,12,16,18,40H2,1-3,5-6H3/t20-,29+,32-/m0/s1. The first-order chi connectivity index (χ1) is 24.9. The molecular weight excluding hydrogens is 667 g/mol. The van der Waals surface area contributed by atoms with Gasteiger partial charge in [-0.3, -0.25) is 14.6 Å². The molecule has 0 spiro atoms. The lowest BCUT2D eigenvalue weighted by Gasteiger charge is -2.31. The number of aryl methyl sites for hydroxylation is 1. The number of esters is 2. The number of ether oxygens (including phenoxy) is 2. The van der Waals surface area contributed by atoms with Crippen LogP contribution >= 0.6 is 0 Å². The van der Waals surface area contributed by atoms with E-state index in [4.69, 9.17) is 26.8 Å². The lowest BCUT2D eigenvalue weighted by molar-refractivity contribution is -0.147. The fourth-order valence-electron chi connectivity index (χ4n) is 7.91. The van der Waals surface area contributed by atoms with E-state index in [9.17, 15) is 14.4 Å². The molecule has 3 aromatic heterocycles. The number of nitrogens with zero attached hydrogens (tertiary/aromatic N) is 6. The molecule has 1 aliphatic carbocycles. The zero-order chi connectivity index (χ0) is 37.0. The fourth-order valence-corrected chi connectivity index (χ4v) is 7.91. The molecule has 4 aromatic rings. The largest absolute Gasteiger partial charge is 0.461 e. The first-order valence-corrected chi connectivity index (χ1v) is 17.4. The third-order valence-electron chi connectivity index (χ3n) is 10.6. The van der Waals surface area contributed by atoms with Gasteiger partial charge in [0.25, 0.3) is 0 Å². The van der Waals surface area contributed by atoms with Crippen LogP contribution in [0.15, 0.2) is 35.5 Å². The molecule has 2 saturated heterocycles. The molecule has 0 radical (unpaired) electrons. The Morgan fingerprint density at radius 1 is 1.13 bits per heavy atom. The molecule has 52 heavy (non-hydrogen) atoms. The summed E-state index contributed by atoms with van der Waals surface area (Å²) in [5.41, 5.74) is 10.9. The van der Waals surface area contributed by atoms with Gasteiger partial charge in [0.2, 0.25) is 11.1 Å². The van der Waals surface area contributed by atoms with Gasteiger partial charge in [-0.05, 0) is 43.0 Å². The third-order valence-corrected chi connectivity index (χ3v) is 10.6. The van der Waals surface area contributed by atoms with Crippen LogP contribution in [0, 0.1) is 24.2 Å². The van der Waals surface area contributed by atoms with Crippen LogP contribution in [0.1, 0.15) is 41.9 Å². The summed E-state index contributed by atoms with van der Waals surface area (Å²) >= 11 is 0. The van der Waals surface area contributed by atoms with Crippen molar-refractivity contribution in [3.05, 3.63) is 75.0 Å². The molecule has 7 rings (SSSR count). The Hall–Kier alpha value is -5.39. The number of anilines is 2. The van der Waals surface area contributed by atoms with E-state index in [1.807, 2.05) is 0 Å². The van der Waals surface area contributed by atoms with Crippen molar-refractivity contribution in [3.63, 3.8) is 0 Å². The van der Waals surface area contributed by atoms with Crippen molar-refractivity contribution < 1.29 is 23.5 Å². The molecule has 270 valence electrons. The second-order valence-electron chi connectivity index (χ2n) is 14.2. The molecule has 0 unspecified atom stereocenters. The first kappa shape index (κ1) is 35.0. The Morgan fingerprint density at radius 2 is 1.90 bits per heavy atom. The highest BCUT2D eigenvalue weighted by molar-refractivity contribution is 6.02. The minimum Gasteiger partial charge on any atom is -0.461 e. The van der Waals surface area contributed by atoms with Gasteiger partial charge in [0, 0.05) is 92.7 Å². The molecule has 1 aromatic carbocycles. The number of hydrogen-bond acceptors (Lipinski definition) is 11. The second-order valence-corrected chi connectivity index (χ2v) is 14.2. The van der Waals surface area contributed by atoms with Crippen molar-refractivity contribution >= 4 is 40.0 Å². The maximum absolute atomic E-state index is 15.5. The highest BCUT2D eigenvalue weighted by Gasteiger charge is 2.43. The normalized spacial score (nSPS) is 18.2. The van der Waals surface area contributed by atoms with Crippen LogP contribution in [0.3, 0.4) is 0 Å². The van der Waals surface area contributed by atoms with Crippen molar-refractivity contribution in [1.29, 1.82) is 0 Å². The Kier molecular flexibility index (Phi) is 9.18. The van der Waals surface area contributed by atoms with Crippen molar-refractivity contribution in [1.82, 2.24) is 19.4 Å². The van der Waals surface area contributed by atoms with Gasteiger partial charge in [-0.1, -0.05) is 13.8 Å². The van der Waals surface area contributed by atoms with Crippen LogP contribution in [0.2, 0.25) is 0 Å². The molecule has 3 atom stereocenters. The quantitative estimate of drug-likeness (QED) is 0.129. The topological polar surface area (TPSA) is 149 Å². The Labute approximate surface area is 300 Å². The summed E-state index contributed by atoms with van der Waals surface area (Å²) in [6.07, 6.45) is 6.24. The molecule has 3 N–H and O–H groups in total. The minimum absolute atomic E-state index is 0.0431. The molecule has 0 amide bonds. The summed E-state index contributed by atoms with van der Waals surface area (Å²) in [5, 5.41) is 3.30. The number of nitrogens with one attached hydrogen (secondary N) is 1. The van der Waals surface area contributed by atoms with E-state index in [1.165, 1.54) is 12.3 Å². The highest BCUT2D eigenvalue weighted by Crippen LogP contribution is 2.54. The average Bonchev–Trinajstić information content (AvgIpc) is 3.82. The molecule has 2 aliphatic heterocycles. The van der Waals surface area contributed by atoms with Crippen molar-refractivity contribution in [2.24, 2.45) is 24.6 Å². The van der Waals surface area contributed by atoms with Gasteiger partial charge < -0.3 is 34.9 Å². The smallest absolute Gasteiger partial charge is 0.343 e. The maximum Gasteiger partial charge on any atom is 0.343 e. The van der Waals surface area contributed by atoms with Crippen LogP contribution in [0.5, 0.6) is 0 Å². The van der Waals surface area contributed by atoms with Crippen molar-refractivity contribution in [2.75, 3.05) is 57.2 Å². The van der Waals surface area contributed by atoms with Crippen LogP contribution in [0.25, 0.3) is 38.1 Å². The molecule has 2 fully saturated rings. The van der Waals surface area contributed by atoms with Crippen LogP contribution < -0.4 is 21.4 Å². The molecule has 14 heteroatoms. The number of likely N-dealkylation sites (N-methyl/N-ethyl adjacent to an activating group) is 1. The van der Waals surface area contributed by atoms with E-state index < -0.39 is 29.2 Å². The van der Waals surface area contributed by atoms with Crippen molar-refractivity contribution in [2.45, 2.75) is 38.8 Å². The van der Waals surface area contributed by atoms with Gasteiger partial charge in [0.05, 0.1) is 23.3 Å². The van der Waals surface area contributed by atoms with Gasteiger partial charge >= 0.3 is 11.9 Å². The lowest BCUT2D eigenvalue weighted by Crippen LogP contribution is -2.37. The van der Waals surface area contributed by atoms with Crippen LogP contribution in [0.4, 0.5) is 21.5 Å².